The van der Waals surface area contributed by atoms with Crippen LogP contribution in [0.2, 0.25) is 0 Å². The fourth-order valence-corrected chi connectivity index (χ4v) is 3.32. The van der Waals surface area contributed by atoms with Gasteiger partial charge in [0.1, 0.15) is 5.82 Å². The topological polar surface area (TPSA) is 46.9 Å². The Kier molecular flexibility index (Phi) is 5.19. The molecule has 128 valence electrons. The summed E-state index contributed by atoms with van der Waals surface area (Å²) < 4.78 is 15.8. The normalized spacial score (nSPS) is 10.7. The molecule has 0 atom stereocenters. The fraction of sp³-hybridized carbons (Fsp3) is 0.158. The SMILES string of the molecule is Cc1ccc(C)c(SCC(=O)Nc2ccc(-n3ccnc3)c(F)c2)c1. The number of aryl methyl sites for hydroxylation is 2. The van der Waals surface area contributed by atoms with Crippen LogP contribution in [0.4, 0.5) is 10.1 Å². The van der Waals surface area contributed by atoms with E-state index in [1.165, 1.54) is 24.2 Å². The van der Waals surface area contributed by atoms with Gasteiger partial charge in [-0.3, -0.25) is 4.79 Å². The van der Waals surface area contributed by atoms with Gasteiger partial charge in [-0.1, -0.05) is 17.7 Å². The average molecular weight is 355 g/mol. The number of nitrogens with zero attached hydrogens (tertiary/aromatic N) is 2. The first-order valence-electron chi connectivity index (χ1n) is 7.81. The Morgan fingerprint density at radius 2 is 2.08 bits per heavy atom. The van der Waals surface area contributed by atoms with Gasteiger partial charge in [0.25, 0.3) is 0 Å². The number of anilines is 1. The summed E-state index contributed by atoms with van der Waals surface area (Å²) in [7, 11) is 0. The van der Waals surface area contributed by atoms with Crippen molar-refractivity contribution < 1.29 is 9.18 Å². The number of thioether (sulfide) groups is 1. The zero-order valence-electron chi connectivity index (χ0n) is 14.0. The molecule has 3 aromatic rings. The number of nitrogens with one attached hydrogen (secondary N) is 1. The van der Waals surface area contributed by atoms with Gasteiger partial charge in [-0.25, -0.2) is 9.37 Å². The van der Waals surface area contributed by atoms with E-state index in [1.807, 2.05) is 26.0 Å². The summed E-state index contributed by atoms with van der Waals surface area (Å²) in [6.07, 6.45) is 4.77. The van der Waals surface area contributed by atoms with Gasteiger partial charge in [-0.2, -0.15) is 0 Å². The Labute approximate surface area is 150 Å². The van der Waals surface area contributed by atoms with E-state index in [1.54, 1.807) is 29.1 Å². The molecule has 0 fully saturated rings. The van der Waals surface area contributed by atoms with Crippen LogP contribution in [0.5, 0.6) is 0 Å². The first-order valence-corrected chi connectivity index (χ1v) is 8.79. The van der Waals surface area contributed by atoms with Crippen molar-refractivity contribution >= 4 is 23.4 Å². The molecule has 1 heterocycles. The molecule has 0 aliphatic heterocycles. The van der Waals surface area contributed by atoms with Crippen molar-refractivity contribution in [3.05, 3.63) is 72.1 Å². The van der Waals surface area contributed by atoms with Gasteiger partial charge in [-0.05, 0) is 43.7 Å². The Morgan fingerprint density at radius 1 is 1.24 bits per heavy atom. The molecule has 0 aliphatic carbocycles. The van der Waals surface area contributed by atoms with Crippen LogP contribution < -0.4 is 5.32 Å². The molecule has 4 nitrogen and oxygen atoms in total. The van der Waals surface area contributed by atoms with E-state index in [4.69, 9.17) is 0 Å². The summed E-state index contributed by atoms with van der Waals surface area (Å²) in [4.78, 5) is 17.1. The lowest BCUT2D eigenvalue weighted by Gasteiger charge is -2.09. The smallest absolute Gasteiger partial charge is 0.234 e. The second-order valence-corrected chi connectivity index (χ2v) is 6.76. The summed E-state index contributed by atoms with van der Waals surface area (Å²) in [5, 5.41) is 2.73. The predicted octanol–water partition coefficient (Wildman–Crippen LogP) is 4.36. The Hall–Kier alpha value is -2.60. The van der Waals surface area contributed by atoms with Crippen molar-refractivity contribution in [1.29, 1.82) is 0 Å². The van der Waals surface area contributed by atoms with Gasteiger partial charge in [-0.15, -0.1) is 11.8 Å². The fourth-order valence-electron chi connectivity index (χ4n) is 2.40. The number of hydrogen-bond donors (Lipinski definition) is 1. The minimum absolute atomic E-state index is 0.166. The monoisotopic (exact) mass is 355 g/mol. The lowest BCUT2D eigenvalue weighted by molar-refractivity contribution is -0.113. The number of imidazole rings is 1. The van der Waals surface area contributed by atoms with Crippen LogP contribution in [-0.2, 0) is 4.79 Å². The third-order valence-electron chi connectivity index (χ3n) is 3.72. The van der Waals surface area contributed by atoms with Crippen LogP contribution in [-0.4, -0.2) is 21.2 Å². The highest BCUT2D eigenvalue weighted by Gasteiger charge is 2.09. The van der Waals surface area contributed by atoms with Gasteiger partial charge in [0.2, 0.25) is 5.91 Å². The first kappa shape index (κ1) is 17.2. The molecule has 1 N–H and O–H groups in total. The van der Waals surface area contributed by atoms with E-state index in [2.05, 4.69) is 16.4 Å². The highest BCUT2D eigenvalue weighted by atomic mass is 32.2. The largest absolute Gasteiger partial charge is 0.325 e. The molecule has 3 rings (SSSR count). The molecule has 2 aromatic carbocycles. The molecule has 25 heavy (non-hydrogen) atoms. The molecule has 0 unspecified atom stereocenters. The van der Waals surface area contributed by atoms with Crippen molar-refractivity contribution in [3.8, 4) is 5.69 Å². The molecule has 6 heteroatoms. The number of aromatic nitrogens is 2. The van der Waals surface area contributed by atoms with E-state index >= 15 is 0 Å². The second-order valence-electron chi connectivity index (χ2n) is 5.74. The van der Waals surface area contributed by atoms with Gasteiger partial charge < -0.3 is 9.88 Å². The summed E-state index contributed by atoms with van der Waals surface area (Å²) >= 11 is 1.48. The van der Waals surface area contributed by atoms with Gasteiger partial charge in [0.15, 0.2) is 0 Å². The maximum Gasteiger partial charge on any atom is 0.234 e. The van der Waals surface area contributed by atoms with Crippen molar-refractivity contribution in [2.45, 2.75) is 18.7 Å². The van der Waals surface area contributed by atoms with Crippen LogP contribution in [0.25, 0.3) is 5.69 Å². The summed E-state index contributed by atoms with van der Waals surface area (Å²) in [5.74, 6) is -0.312. The third-order valence-corrected chi connectivity index (χ3v) is 4.87. The number of benzene rings is 2. The van der Waals surface area contributed by atoms with Crippen LogP contribution in [0.15, 0.2) is 60.0 Å². The highest BCUT2D eigenvalue weighted by Crippen LogP contribution is 2.24. The number of carbonyl (C=O) groups excluding carboxylic acids is 1. The van der Waals surface area contributed by atoms with Crippen LogP contribution in [0.3, 0.4) is 0 Å². The van der Waals surface area contributed by atoms with E-state index in [9.17, 15) is 9.18 Å². The Bertz CT molecular complexity index is 894. The standard InChI is InChI=1S/C19H18FN3OS/c1-13-3-4-14(2)18(9-13)25-11-19(24)22-15-5-6-17(16(20)10-15)23-8-7-21-12-23/h3-10,12H,11H2,1-2H3,(H,22,24). The van der Waals surface area contributed by atoms with E-state index < -0.39 is 5.82 Å². The molecule has 1 amide bonds. The van der Waals surface area contributed by atoms with Crippen LogP contribution in [0, 0.1) is 19.7 Å². The molecule has 0 radical (unpaired) electrons. The quantitative estimate of drug-likeness (QED) is 0.692. The molecular weight excluding hydrogens is 337 g/mol. The van der Waals surface area contributed by atoms with Crippen molar-refractivity contribution in [1.82, 2.24) is 9.55 Å². The Balaban J connectivity index is 1.63. The first-order chi connectivity index (χ1) is 12.0. The molecular formula is C19H18FN3OS. The molecule has 0 bridgehead atoms. The number of rotatable bonds is 5. The van der Waals surface area contributed by atoms with Gasteiger partial charge in [0.05, 0.1) is 17.8 Å². The third kappa shape index (κ3) is 4.28. The van der Waals surface area contributed by atoms with Crippen molar-refractivity contribution in [2.75, 3.05) is 11.1 Å². The summed E-state index contributed by atoms with van der Waals surface area (Å²) in [6, 6.07) is 10.8. The second kappa shape index (κ2) is 7.53. The maximum absolute atomic E-state index is 14.2. The minimum atomic E-state index is -0.419. The van der Waals surface area contributed by atoms with Crippen LogP contribution in [0.1, 0.15) is 11.1 Å². The Morgan fingerprint density at radius 3 is 2.80 bits per heavy atom. The number of hydrogen-bond acceptors (Lipinski definition) is 3. The van der Waals surface area contributed by atoms with E-state index in [-0.39, 0.29) is 11.7 Å². The van der Waals surface area contributed by atoms with E-state index in [0.717, 1.165) is 16.0 Å². The van der Waals surface area contributed by atoms with Crippen LogP contribution >= 0.6 is 11.8 Å². The lowest BCUT2D eigenvalue weighted by Crippen LogP contribution is -2.14. The number of amides is 1. The molecule has 0 aliphatic rings. The molecule has 0 saturated carbocycles. The lowest BCUT2D eigenvalue weighted by atomic mass is 10.2. The minimum Gasteiger partial charge on any atom is -0.325 e. The maximum atomic E-state index is 14.2. The van der Waals surface area contributed by atoms with Crippen molar-refractivity contribution in [3.63, 3.8) is 0 Å². The van der Waals surface area contributed by atoms with Crippen molar-refractivity contribution in [2.24, 2.45) is 0 Å². The molecule has 0 spiro atoms. The zero-order chi connectivity index (χ0) is 17.8. The zero-order valence-corrected chi connectivity index (χ0v) is 14.8. The predicted molar refractivity (Wildman–Crippen MR) is 98.8 cm³/mol. The highest BCUT2D eigenvalue weighted by molar-refractivity contribution is 8.00. The van der Waals surface area contributed by atoms with Gasteiger partial charge in [0, 0.05) is 23.0 Å². The van der Waals surface area contributed by atoms with E-state index in [0.29, 0.717) is 11.4 Å². The summed E-state index contributed by atoms with van der Waals surface area (Å²) in [6.45, 7) is 4.04. The molecule has 1 aromatic heterocycles. The summed E-state index contributed by atoms with van der Waals surface area (Å²) in [5.41, 5.74) is 3.12. The average Bonchev–Trinajstić information content (AvgIpc) is 3.10. The number of halogens is 1. The van der Waals surface area contributed by atoms with Gasteiger partial charge >= 0.3 is 0 Å². The molecule has 0 saturated heterocycles. The number of carbonyl (C=O) groups is 1.